The van der Waals surface area contributed by atoms with Gasteiger partial charge in [0.05, 0.1) is 19.3 Å². The molecule has 2 N–H and O–H groups in total. The summed E-state index contributed by atoms with van der Waals surface area (Å²) in [6.45, 7) is 8.85. The van der Waals surface area contributed by atoms with Gasteiger partial charge < -0.3 is 10.6 Å². The molecule has 26 heavy (non-hydrogen) atoms. The lowest BCUT2D eigenvalue weighted by molar-refractivity contribution is -0.898. The minimum Gasteiger partial charge on any atom is -0.351 e. The molecule has 0 aromatic rings. The Morgan fingerprint density at radius 1 is 1.08 bits per heavy atom. The number of hydrogen-bond donors (Lipinski definition) is 2. The number of rotatable bonds is 15. The van der Waals surface area contributed by atoms with Gasteiger partial charge in [0.15, 0.2) is 6.17 Å². The van der Waals surface area contributed by atoms with Crippen molar-refractivity contribution in [3.05, 3.63) is 24.6 Å². The van der Waals surface area contributed by atoms with Crippen LogP contribution in [0.15, 0.2) is 24.6 Å². The lowest BCUT2D eigenvalue weighted by Crippen LogP contribution is -2.55. The zero-order valence-corrected chi connectivity index (χ0v) is 17.4. The van der Waals surface area contributed by atoms with Gasteiger partial charge in [-0.3, -0.25) is 9.28 Å². The molecule has 0 aromatic carbocycles. The lowest BCUT2D eigenvalue weighted by atomic mass is 10.1. The van der Waals surface area contributed by atoms with Gasteiger partial charge in [0.1, 0.15) is 12.7 Å². The van der Waals surface area contributed by atoms with Crippen LogP contribution in [-0.2, 0) is 4.79 Å². The molecular formula is C22H42N3O+. The average molecular weight is 365 g/mol. The predicted octanol–water partition coefficient (Wildman–Crippen LogP) is 4.84. The van der Waals surface area contributed by atoms with E-state index in [1.54, 1.807) is 6.92 Å². The van der Waals surface area contributed by atoms with Gasteiger partial charge in [-0.05, 0) is 32.6 Å². The molecule has 4 nitrogen and oxygen atoms in total. The summed E-state index contributed by atoms with van der Waals surface area (Å²) in [5, 5.41) is 6.49. The van der Waals surface area contributed by atoms with E-state index >= 15 is 0 Å². The summed E-state index contributed by atoms with van der Waals surface area (Å²) in [7, 11) is 0. The number of carbonyl (C=O) groups excluding carboxylic acids is 1. The molecule has 0 saturated heterocycles. The van der Waals surface area contributed by atoms with Crippen molar-refractivity contribution in [2.75, 3.05) is 19.6 Å². The van der Waals surface area contributed by atoms with E-state index in [4.69, 9.17) is 0 Å². The maximum Gasteiger partial charge on any atom is 0.217 e. The predicted molar refractivity (Wildman–Crippen MR) is 111 cm³/mol. The van der Waals surface area contributed by atoms with Crippen molar-refractivity contribution in [1.29, 1.82) is 0 Å². The number of hydrogen-bond acceptors (Lipinski definition) is 2. The summed E-state index contributed by atoms with van der Waals surface area (Å²) >= 11 is 0. The highest BCUT2D eigenvalue weighted by Gasteiger charge is 2.36. The summed E-state index contributed by atoms with van der Waals surface area (Å²) in [5.41, 5.74) is 0. The van der Waals surface area contributed by atoms with Gasteiger partial charge >= 0.3 is 0 Å². The summed E-state index contributed by atoms with van der Waals surface area (Å²) in [6, 6.07) is 0. The van der Waals surface area contributed by atoms with Crippen molar-refractivity contribution in [2.45, 2.75) is 91.1 Å². The Bertz CT molecular complexity index is 433. The fourth-order valence-corrected chi connectivity index (χ4v) is 3.76. The minimum atomic E-state index is 0.0628. The van der Waals surface area contributed by atoms with Gasteiger partial charge in [-0.1, -0.05) is 51.2 Å². The molecule has 0 aromatic heterocycles. The number of quaternary nitrogens is 1. The van der Waals surface area contributed by atoms with E-state index < -0.39 is 0 Å². The highest BCUT2D eigenvalue weighted by molar-refractivity contribution is 5.72. The quantitative estimate of drug-likeness (QED) is 0.248. The first-order valence-electron chi connectivity index (χ1n) is 10.8. The van der Waals surface area contributed by atoms with Crippen LogP contribution < -0.4 is 10.6 Å². The minimum absolute atomic E-state index is 0.0628. The molecule has 1 heterocycles. The largest absolute Gasteiger partial charge is 0.351 e. The summed E-state index contributed by atoms with van der Waals surface area (Å²) in [5.74, 6) is 0.0628. The fourth-order valence-electron chi connectivity index (χ4n) is 3.76. The molecule has 0 aliphatic carbocycles. The Labute approximate surface area is 161 Å². The normalized spacial score (nSPS) is 22.0. The van der Waals surface area contributed by atoms with E-state index in [-0.39, 0.29) is 5.91 Å². The Balaban J connectivity index is 2.12. The molecule has 1 rings (SSSR count). The number of allylic oxidation sites excluding steroid dienone is 2. The number of likely N-dealkylation sites (N-methyl/N-ethyl adjacent to an activating group) is 1. The second kappa shape index (κ2) is 13.9. The second-order valence-corrected chi connectivity index (χ2v) is 7.58. The molecule has 0 spiro atoms. The fraction of sp³-hybridized carbons (Fsp3) is 0.773. The van der Waals surface area contributed by atoms with Crippen LogP contribution in [0.3, 0.4) is 0 Å². The van der Waals surface area contributed by atoms with Gasteiger partial charge in [-0.2, -0.15) is 0 Å². The van der Waals surface area contributed by atoms with Crippen LogP contribution in [0.1, 0.15) is 85.0 Å². The number of nitrogens with zero attached hydrogens (tertiary/aromatic N) is 1. The van der Waals surface area contributed by atoms with E-state index in [1.165, 1.54) is 64.2 Å². The Hall–Kier alpha value is -1.29. The van der Waals surface area contributed by atoms with Crippen molar-refractivity contribution in [1.82, 2.24) is 10.6 Å². The van der Waals surface area contributed by atoms with Gasteiger partial charge in [0.2, 0.25) is 5.91 Å². The molecule has 0 radical (unpaired) electrons. The lowest BCUT2D eigenvalue weighted by Gasteiger charge is -2.37. The van der Waals surface area contributed by atoms with Crippen LogP contribution in [0.25, 0.3) is 0 Å². The standard InChI is InChI=1S/C22H41N3O/c1-4-6-7-8-9-10-11-12-13-14-15-16-22-24-18-20-25(22,5-2)19-17-23-21(3)26/h7-8,18,20,22,24H,4-6,9-17,19H2,1-3H3/p+1/b8-7+. The van der Waals surface area contributed by atoms with Crippen LogP contribution in [0.4, 0.5) is 0 Å². The molecule has 4 heteroatoms. The maximum absolute atomic E-state index is 11.1. The molecule has 0 saturated carbocycles. The van der Waals surface area contributed by atoms with E-state index in [9.17, 15) is 4.79 Å². The molecule has 2 unspecified atom stereocenters. The first-order chi connectivity index (χ1) is 12.6. The zero-order chi connectivity index (χ0) is 19.1. The summed E-state index contributed by atoms with van der Waals surface area (Å²) in [4.78, 5) is 11.1. The van der Waals surface area contributed by atoms with Crippen molar-refractivity contribution in [2.24, 2.45) is 0 Å². The topological polar surface area (TPSA) is 41.1 Å². The van der Waals surface area contributed by atoms with Crippen molar-refractivity contribution < 1.29 is 9.28 Å². The third-order valence-electron chi connectivity index (χ3n) is 5.49. The van der Waals surface area contributed by atoms with Crippen LogP contribution >= 0.6 is 0 Å². The molecule has 2 atom stereocenters. The molecule has 0 bridgehead atoms. The van der Waals surface area contributed by atoms with Crippen LogP contribution in [0.2, 0.25) is 0 Å². The second-order valence-electron chi connectivity index (χ2n) is 7.58. The molecule has 1 amide bonds. The molecular weight excluding hydrogens is 322 g/mol. The number of carbonyl (C=O) groups is 1. The first-order valence-corrected chi connectivity index (χ1v) is 10.8. The zero-order valence-electron chi connectivity index (χ0n) is 17.4. The Kier molecular flexibility index (Phi) is 12.1. The average Bonchev–Trinajstić information content (AvgIpc) is 3.02. The van der Waals surface area contributed by atoms with Crippen LogP contribution in [0.5, 0.6) is 0 Å². The van der Waals surface area contributed by atoms with E-state index in [2.05, 4.69) is 49.0 Å². The highest BCUT2D eigenvalue weighted by Crippen LogP contribution is 2.22. The summed E-state index contributed by atoms with van der Waals surface area (Å²) < 4.78 is 0.949. The Morgan fingerprint density at radius 3 is 2.46 bits per heavy atom. The maximum atomic E-state index is 11.1. The van der Waals surface area contributed by atoms with Gasteiger partial charge in [-0.15, -0.1) is 0 Å². The van der Waals surface area contributed by atoms with Gasteiger partial charge in [0.25, 0.3) is 0 Å². The van der Waals surface area contributed by atoms with Crippen molar-refractivity contribution in [3.8, 4) is 0 Å². The van der Waals surface area contributed by atoms with E-state index in [1.807, 2.05) is 0 Å². The van der Waals surface area contributed by atoms with E-state index in [0.717, 1.165) is 24.1 Å². The molecule has 1 aliphatic heterocycles. The molecule has 150 valence electrons. The molecule has 0 fully saturated rings. The van der Waals surface area contributed by atoms with E-state index in [0.29, 0.717) is 6.17 Å². The summed E-state index contributed by atoms with van der Waals surface area (Å²) in [6.07, 6.45) is 22.5. The monoisotopic (exact) mass is 364 g/mol. The third kappa shape index (κ3) is 8.88. The SMILES string of the molecule is CCC/C=C/CCCCCCCCC1NC=C[N+]1(CC)CCNC(C)=O. The highest BCUT2D eigenvalue weighted by atomic mass is 16.1. The van der Waals surface area contributed by atoms with Gasteiger partial charge in [-0.25, -0.2) is 0 Å². The van der Waals surface area contributed by atoms with Crippen molar-refractivity contribution >= 4 is 5.91 Å². The Morgan fingerprint density at radius 2 is 1.77 bits per heavy atom. The van der Waals surface area contributed by atoms with Gasteiger partial charge in [0, 0.05) is 13.3 Å². The molecule has 1 aliphatic rings. The first kappa shape index (κ1) is 22.8. The third-order valence-corrected chi connectivity index (χ3v) is 5.49. The van der Waals surface area contributed by atoms with Crippen LogP contribution in [-0.4, -0.2) is 36.2 Å². The smallest absolute Gasteiger partial charge is 0.217 e. The van der Waals surface area contributed by atoms with Crippen LogP contribution in [0, 0.1) is 0 Å². The number of amides is 1. The number of nitrogens with one attached hydrogen (secondary N) is 2. The number of unbranched alkanes of at least 4 members (excludes halogenated alkanes) is 7. The van der Waals surface area contributed by atoms with Crippen molar-refractivity contribution in [3.63, 3.8) is 0 Å².